The number of rotatable bonds is 6. The Morgan fingerprint density at radius 3 is 2.90 bits per heavy atom. The third-order valence-corrected chi connectivity index (χ3v) is 3.95. The molecule has 1 atom stereocenters. The lowest BCUT2D eigenvalue weighted by Crippen LogP contribution is -2.29. The van der Waals surface area contributed by atoms with E-state index in [2.05, 4.69) is 16.7 Å². The number of ether oxygens (including phenoxy) is 1. The van der Waals surface area contributed by atoms with Gasteiger partial charge in [0.1, 0.15) is 5.75 Å². The number of methoxy groups -OCH3 is 1. The van der Waals surface area contributed by atoms with Crippen LogP contribution in [0.4, 0.5) is 5.69 Å². The van der Waals surface area contributed by atoms with Gasteiger partial charge >= 0.3 is 0 Å². The largest absolute Gasteiger partial charge is 0.497 e. The molecule has 2 N–H and O–H groups in total. The molecule has 4 nitrogen and oxygen atoms in total. The second-order valence-electron chi connectivity index (χ2n) is 4.40. The molecule has 0 spiro atoms. The highest BCUT2D eigenvalue weighted by atomic mass is 32.1. The van der Waals surface area contributed by atoms with Crippen molar-refractivity contribution in [2.24, 2.45) is 0 Å². The number of hydrogen-bond donors (Lipinski definition) is 2. The lowest BCUT2D eigenvalue weighted by atomic mass is 10.2. The summed E-state index contributed by atoms with van der Waals surface area (Å²) in [5, 5.41) is 8.07. The quantitative estimate of drug-likeness (QED) is 0.859. The molecule has 0 fully saturated rings. The molecule has 0 aliphatic rings. The molecule has 0 aliphatic heterocycles. The van der Waals surface area contributed by atoms with Crippen LogP contribution in [0.1, 0.15) is 17.8 Å². The molecule has 1 aromatic carbocycles. The zero-order valence-corrected chi connectivity index (χ0v) is 12.4. The molecule has 2 aromatic rings. The average Bonchev–Trinajstić information content (AvgIpc) is 2.99. The van der Waals surface area contributed by atoms with Gasteiger partial charge in [0.15, 0.2) is 0 Å². The highest BCUT2D eigenvalue weighted by Crippen LogP contribution is 2.18. The summed E-state index contributed by atoms with van der Waals surface area (Å²) in [5.41, 5.74) is 0.736. The van der Waals surface area contributed by atoms with E-state index in [1.165, 1.54) is 4.88 Å². The third-order valence-electron chi connectivity index (χ3n) is 2.89. The van der Waals surface area contributed by atoms with Gasteiger partial charge in [-0.15, -0.1) is 11.3 Å². The number of hydrogen-bond acceptors (Lipinski definition) is 4. The van der Waals surface area contributed by atoms with Crippen LogP contribution in [0.3, 0.4) is 0 Å². The summed E-state index contributed by atoms with van der Waals surface area (Å²) in [6.45, 7) is 2.32. The van der Waals surface area contributed by atoms with Gasteiger partial charge in [-0.25, -0.2) is 0 Å². The first kappa shape index (κ1) is 14.6. The maximum atomic E-state index is 11.9. The molecular formula is C15H18N2O2S. The molecule has 20 heavy (non-hydrogen) atoms. The van der Waals surface area contributed by atoms with Crippen LogP contribution in [0, 0.1) is 0 Å². The predicted molar refractivity (Wildman–Crippen MR) is 82.4 cm³/mol. The van der Waals surface area contributed by atoms with Crippen LogP contribution >= 0.6 is 11.3 Å². The Morgan fingerprint density at radius 2 is 2.20 bits per heavy atom. The molecule has 1 aromatic heterocycles. The molecule has 1 heterocycles. The minimum absolute atomic E-state index is 0.0679. The van der Waals surface area contributed by atoms with Gasteiger partial charge in [0.05, 0.1) is 13.7 Å². The van der Waals surface area contributed by atoms with E-state index in [9.17, 15) is 4.79 Å². The van der Waals surface area contributed by atoms with Gasteiger partial charge in [-0.2, -0.15) is 0 Å². The molecule has 2 rings (SSSR count). The van der Waals surface area contributed by atoms with Crippen LogP contribution in [0.2, 0.25) is 0 Å². The van der Waals surface area contributed by atoms with Gasteiger partial charge in [-0.05, 0) is 30.5 Å². The summed E-state index contributed by atoms with van der Waals surface area (Å²) in [6, 6.07) is 11.6. The number of thiophene rings is 1. The van der Waals surface area contributed by atoms with Gasteiger partial charge in [0, 0.05) is 22.7 Å². The SMILES string of the molecule is COc1cccc(NC(=O)CN[C@H](C)c2cccs2)c1. The zero-order valence-electron chi connectivity index (χ0n) is 11.6. The van der Waals surface area contributed by atoms with Crippen LogP contribution in [-0.2, 0) is 4.79 Å². The van der Waals surface area contributed by atoms with Crippen molar-refractivity contribution in [2.45, 2.75) is 13.0 Å². The zero-order chi connectivity index (χ0) is 14.4. The second kappa shape index (κ2) is 7.07. The van der Waals surface area contributed by atoms with Crippen LogP contribution in [0.25, 0.3) is 0 Å². The van der Waals surface area contributed by atoms with Crippen molar-refractivity contribution in [3.8, 4) is 5.75 Å². The Morgan fingerprint density at radius 1 is 1.35 bits per heavy atom. The number of carbonyl (C=O) groups excluding carboxylic acids is 1. The Bertz CT molecular complexity index is 555. The van der Waals surface area contributed by atoms with E-state index in [-0.39, 0.29) is 18.5 Å². The molecule has 0 unspecified atom stereocenters. The minimum Gasteiger partial charge on any atom is -0.497 e. The highest BCUT2D eigenvalue weighted by molar-refractivity contribution is 7.10. The lowest BCUT2D eigenvalue weighted by molar-refractivity contribution is -0.115. The fourth-order valence-corrected chi connectivity index (χ4v) is 2.55. The Balaban J connectivity index is 1.83. The van der Waals surface area contributed by atoms with E-state index in [1.807, 2.05) is 36.6 Å². The minimum atomic E-state index is -0.0679. The average molecular weight is 290 g/mol. The topological polar surface area (TPSA) is 50.4 Å². The van der Waals surface area contributed by atoms with Crippen LogP contribution in [0.5, 0.6) is 5.75 Å². The maximum Gasteiger partial charge on any atom is 0.238 e. The smallest absolute Gasteiger partial charge is 0.238 e. The first-order chi connectivity index (χ1) is 9.69. The number of anilines is 1. The fourth-order valence-electron chi connectivity index (χ4n) is 1.79. The monoisotopic (exact) mass is 290 g/mol. The maximum absolute atomic E-state index is 11.9. The molecule has 0 saturated carbocycles. The standard InChI is InChI=1S/C15H18N2O2S/c1-11(14-7-4-8-20-14)16-10-15(18)17-12-5-3-6-13(9-12)19-2/h3-9,11,16H,10H2,1-2H3,(H,17,18)/t11-/m1/s1. The molecule has 5 heteroatoms. The molecular weight excluding hydrogens is 272 g/mol. The molecule has 0 radical (unpaired) electrons. The number of carbonyl (C=O) groups is 1. The van der Waals surface area contributed by atoms with E-state index in [4.69, 9.17) is 4.74 Å². The lowest BCUT2D eigenvalue weighted by Gasteiger charge is -2.12. The molecule has 0 saturated heterocycles. The van der Waals surface area contributed by atoms with Crippen LogP contribution in [-0.4, -0.2) is 19.6 Å². The van der Waals surface area contributed by atoms with Crippen molar-refractivity contribution >= 4 is 22.9 Å². The molecule has 106 valence electrons. The first-order valence-electron chi connectivity index (χ1n) is 6.39. The van der Waals surface area contributed by atoms with Crippen LogP contribution < -0.4 is 15.4 Å². The van der Waals surface area contributed by atoms with Gasteiger partial charge in [-0.1, -0.05) is 12.1 Å². The van der Waals surface area contributed by atoms with Gasteiger partial charge in [-0.3, -0.25) is 4.79 Å². The second-order valence-corrected chi connectivity index (χ2v) is 5.38. The summed E-state index contributed by atoms with van der Waals surface area (Å²) in [6.07, 6.45) is 0. The van der Waals surface area contributed by atoms with E-state index in [1.54, 1.807) is 24.5 Å². The van der Waals surface area contributed by atoms with Gasteiger partial charge in [0.25, 0.3) is 0 Å². The van der Waals surface area contributed by atoms with E-state index >= 15 is 0 Å². The van der Waals surface area contributed by atoms with Crippen molar-refractivity contribution in [1.29, 1.82) is 0 Å². The van der Waals surface area contributed by atoms with Crippen molar-refractivity contribution in [3.05, 3.63) is 46.7 Å². The Labute approximate surface area is 122 Å². The predicted octanol–water partition coefficient (Wildman–Crippen LogP) is 3.05. The van der Waals surface area contributed by atoms with Crippen LogP contribution in [0.15, 0.2) is 41.8 Å². The van der Waals surface area contributed by atoms with Gasteiger partial charge < -0.3 is 15.4 Å². The van der Waals surface area contributed by atoms with E-state index in [0.29, 0.717) is 0 Å². The first-order valence-corrected chi connectivity index (χ1v) is 7.27. The van der Waals surface area contributed by atoms with Crippen molar-refractivity contribution < 1.29 is 9.53 Å². The van der Waals surface area contributed by atoms with Crippen molar-refractivity contribution in [3.63, 3.8) is 0 Å². The molecule has 0 bridgehead atoms. The summed E-state index contributed by atoms with van der Waals surface area (Å²) >= 11 is 1.68. The number of nitrogens with one attached hydrogen (secondary N) is 2. The summed E-state index contributed by atoms with van der Waals surface area (Å²) in [5.74, 6) is 0.657. The molecule has 1 amide bonds. The van der Waals surface area contributed by atoms with E-state index in [0.717, 1.165) is 11.4 Å². The van der Waals surface area contributed by atoms with Crippen molar-refractivity contribution in [2.75, 3.05) is 19.0 Å². The molecule has 0 aliphatic carbocycles. The van der Waals surface area contributed by atoms with Gasteiger partial charge in [0.2, 0.25) is 5.91 Å². The summed E-state index contributed by atoms with van der Waals surface area (Å²) in [4.78, 5) is 13.1. The Kier molecular flexibility index (Phi) is 5.15. The number of amides is 1. The van der Waals surface area contributed by atoms with E-state index < -0.39 is 0 Å². The fraction of sp³-hybridized carbons (Fsp3) is 0.267. The van der Waals surface area contributed by atoms with Crippen molar-refractivity contribution in [1.82, 2.24) is 5.32 Å². The highest BCUT2D eigenvalue weighted by Gasteiger charge is 2.08. The number of benzene rings is 1. The summed E-state index contributed by atoms with van der Waals surface area (Å²) < 4.78 is 5.12. The summed E-state index contributed by atoms with van der Waals surface area (Å²) in [7, 11) is 1.60. The Hall–Kier alpha value is -1.85. The normalized spacial score (nSPS) is 11.9. The third kappa shape index (κ3) is 4.08.